The molecule has 2 aromatic heterocycles. The summed E-state index contributed by atoms with van der Waals surface area (Å²) in [6.45, 7) is -0.330. The first-order chi connectivity index (χ1) is 55.6. The Balaban J connectivity index is 0.825. The molecule has 0 bridgehead atoms. The first-order valence-corrected chi connectivity index (χ1v) is 38.6. The van der Waals surface area contributed by atoms with Gasteiger partial charge in [0, 0.05) is 135 Å². The molecule has 0 amide bonds. The zero-order valence-electron chi connectivity index (χ0n) is 61.0. The summed E-state index contributed by atoms with van der Waals surface area (Å²) in [6, 6.07) is 153. The molecule has 10 heteroatoms. The van der Waals surface area contributed by atoms with Crippen LogP contribution < -0.4 is 62.2 Å². The number of aromatic nitrogens is 2. The second-order valence-electron chi connectivity index (χ2n) is 29.5. The van der Waals surface area contributed by atoms with Gasteiger partial charge in [0.15, 0.2) is 0 Å². The van der Waals surface area contributed by atoms with E-state index in [9.17, 15) is 0 Å². The molecule has 0 spiro atoms. The number of para-hydroxylation sites is 12. The van der Waals surface area contributed by atoms with E-state index in [2.05, 4.69) is 451 Å². The van der Waals surface area contributed by atoms with Gasteiger partial charge in [0.05, 0.1) is 22.4 Å². The smallest absolute Gasteiger partial charge is 0.252 e. The van der Waals surface area contributed by atoms with Gasteiger partial charge in [-0.2, -0.15) is 0 Å². The van der Waals surface area contributed by atoms with Crippen LogP contribution in [-0.4, -0.2) is 22.6 Å². The molecule has 23 rings (SSSR count). The van der Waals surface area contributed by atoms with Crippen molar-refractivity contribution in [1.82, 2.24) is 9.13 Å². The van der Waals surface area contributed by atoms with E-state index in [1.807, 2.05) is 0 Å². The van der Waals surface area contributed by atoms with E-state index in [4.69, 9.17) is 0 Å². The van der Waals surface area contributed by atoms with Crippen molar-refractivity contribution in [2.45, 2.75) is 0 Å². The lowest BCUT2D eigenvalue weighted by Gasteiger charge is -2.42. The molecule has 8 nitrogen and oxygen atoms in total. The summed E-state index contributed by atoms with van der Waals surface area (Å²) < 4.78 is 5.32. The molecule has 6 heterocycles. The van der Waals surface area contributed by atoms with Crippen LogP contribution in [-0.2, 0) is 0 Å². The van der Waals surface area contributed by atoms with E-state index >= 15 is 0 Å². The Labute approximate surface area is 650 Å². The standard InChI is InChI=1S/C102H68B2N8/c1-11-33-69(34-12-1)105(70-35-13-2-14-36-70)79-57-59-85-91(63-79)109(77-49-27-9-28-50-77)93-65-81(107(73-41-19-5-20-42-73)74-43-21-6-22-44-74)67-95-99(93)103(85)87-55-31-53-83-97-89(111(95)101(83)87)61-62-90-98(97)84-54-32-56-88-102(84)112(90)96-68-82(108(75-45-23-7-24-46-75)76-47-25-8-26-48-76)66-94-100(96)104(88)86-60-58-80(64-92(86)110(94)78-51-29-10-30-52-78)106(71-37-15-3-16-38-71)72-39-17-4-18-40-72/h1-68H. The zero-order valence-corrected chi connectivity index (χ0v) is 61.0. The van der Waals surface area contributed by atoms with E-state index in [1.54, 1.807) is 0 Å². The number of hydrogen-bond acceptors (Lipinski definition) is 6. The molecular formula is C102H68B2N8. The maximum atomic E-state index is 2.66. The van der Waals surface area contributed by atoms with E-state index in [1.165, 1.54) is 65.4 Å². The summed E-state index contributed by atoms with van der Waals surface area (Å²) in [7, 11) is 0. The first-order valence-electron chi connectivity index (χ1n) is 38.6. The van der Waals surface area contributed by atoms with Crippen molar-refractivity contribution in [2.75, 3.05) is 29.4 Å². The van der Waals surface area contributed by atoms with Gasteiger partial charge in [-0.05, 0) is 215 Å². The van der Waals surface area contributed by atoms with Gasteiger partial charge < -0.3 is 38.5 Å². The quantitative estimate of drug-likeness (QED) is 0.101. The van der Waals surface area contributed by atoms with Crippen molar-refractivity contribution in [1.29, 1.82) is 0 Å². The van der Waals surface area contributed by atoms with Crippen LogP contribution in [0.5, 0.6) is 0 Å². The second kappa shape index (κ2) is 25.5. The highest BCUT2D eigenvalue weighted by molar-refractivity contribution is 7.01. The summed E-state index contributed by atoms with van der Waals surface area (Å²) in [5.74, 6) is 0. The number of rotatable bonds is 14. The van der Waals surface area contributed by atoms with Crippen molar-refractivity contribution in [3.8, 4) is 11.4 Å². The Morgan fingerprint density at radius 1 is 0.188 bits per heavy atom. The molecule has 0 saturated carbocycles. The van der Waals surface area contributed by atoms with E-state index < -0.39 is 0 Å². The lowest BCUT2D eigenvalue weighted by Crippen LogP contribution is -2.60. The van der Waals surface area contributed by atoms with Gasteiger partial charge >= 0.3 is 0 Å². The van der Waals surface area contributed by atoms with Gasteiger partial charge in [-0.1, -0.05) is 231 Å². The summed E-state index contributed by atoms with van der Waals surface area (Å²) in [6.07, 6.45) is 0. The summed E-state index contributed by atoms with van der Waals surface area (Å²) in [5.41, 5.74) is 34.1. The Bertz CT molecular complexity index is 6320. The number of nitrogens with zero attached hydrogens (tertiary/aromatic N) is 8. The predicted octanol–water partition coefficient (Wildman–Crippen LogP) is 23.0. The fourth-order valence-corrected chi connectivity index (χ4v) is 19.1. The monoisotopic (exact) mass is 1430 g/mol. The van der Waals surface area contributed by atoms with Crippen LogP contribution in [0.1, 0.15) is 0 Å². The van der Waals surface area contributed by atoms with Gasteiger partial charge in [-0.25, -0.2) is 0 Å². The highest BCUT2D eigenvalue weighted by atomic mass is 15.2. The summed E-state index contributed by atoms with van der Waals surface area (Å²) >= 11 is 0. The van der Waals surface area contributed by atoms with Crippen molar-refractivity contribution in [3.05, 3.63) is 413 Å². The highest BCUT2D eigenvalue weighted by Gasteiger charge is 2.46. The predicted molar refractivity (Wildman–Crippen MR) is 473 cm³/mol. The molecule has 0 N–H and O–H groups in total. The van der Waals surface area contributed by atoms with Crippen LogP contribution in [0.15, 0.2) is 413 Å². The molecule has 112 heavy (non-hydrogen) atoms. The van der Waals surface area contributed by atoms with Crippen LogP contribution in [0.2, 0.25) is 0 Å². The van der Waals surface area contributed by atoms with Crippen LogP contribution in [0.3, 0.4) is 0 Å². The molecule has 17 aromatic carbocycles. The highest BCUT2D eigenvalue weighted by Crippen LogP contribution is 2.52. The second-order valence-corrected chi connectivity index (χ2v) is 29.5. The molecular weight excluding hydrogens is 1360 g/mol. The minimum absolute atomic E-state index is 0.165. The molecule has 4 aliphatic rings. The Morgan fingerprint density at radius 2 is 0.446 bits per heavy atom. The largest absolute Gasteiger partial charge is 0.311 e. The molecule has 19 aromatic rings. The van der Waals surface area contributed by atoms with Gasteiger partial charge in [0.25, 0.3) is 13.4 Å². The maximum Gasteiger partial charge on any atom is 0.252 e. The summed E-state index contributed by atoms with van der Waals surface area (Å²) in [4.78, 5) is 14.8. The van der Waals surface area contributed by atoms with Crippen molar-refractivity contribution >= 4 is 192 Å². The lowest BCUT2D eigenvalue weighted by molar-refractivity contribution is 1.16. The molecule has 0 unspecified atom stereocenters. The van der Waals surface area contributed by atoms with Crippen LogP contribution in [0, 0.1) is 0 Å². The van der Waals surface area contributed by atoms with E-state index in [0.717, 1.165) is 125 Å². The van der Waals surface area contributed by atoms with Crippen molar-refractivity contribution in [2.24, 2.45) is 0 Å². The third-order valence-electron chi connectivity index (χ3n) is 23.5. The molecule has 0 fully saturated rings. The number of anilines is 18. The summed E-state index contributed by atoms with van der Waals surface area (Å²) in [5, 5.41) is 4.89. The average molecular weight is 1430 g/mol. The first kappa shape index (κ1) is 63.4. The van der Waals surface area contributed by atoms with Gasteiger partial charge in [-0.3, -0.25) is 0 Å². The lowest BCUT2D eigenvalue weighted by atomic mass is 9.33. The molecule has 0 radical (unpaired) electrons. The topological polar surface area (TPSA) is 29.3 Å². The number of benzene rings is 17. The van der Waals surface area contributed by atoms with Crippen molar-refractivity contribution < 1.29 is 0 Å². The van der Waals surface area contributed by atoms with Crippen LogP contribution in [0.25, 0.3) is 55.0 Å². The van der Waals surface area contributed by atoms with Gasteiger partial charge in [0.2, 0.25) is 0 Å². The van der Waals surface area contributed by atoms with Gasteiger partial charge in [0.1, 0.15) is 0 Å². The average Bonchev–Trinajstić information content (AvgIpc) is 1.48. The molecule has 0 saturated heterocycles. The number of fused-ring (bicyclic) bond motifs is 15. The Hall–Kier alpha value is -14.7. The third kappa shape index (κ3) is 9.65. The third-order valence-corrected chi connectivity index (χ3v) is 23.5. The van der Waals surface area contributed by atoms with E-state index in [-0.39, 0.29) is 13.4 Å². The zero-order chi connectivity index (χ0) is 73.5. The Kier molecular flexibility index (Phi) is 14.4. The normalized spacial score (nSPS) is 12.6. The van der Waals surface area contributed by atoms with Crippen molar-refractivity contribution in [3.63, 3.8) is 0 Å². The Morgan fingerprint density at radius 3 is 0.741 bits per heavy atom. The fraction of sp³-hybridized carbons (Fsp3) is 0. The minimum Gasteiger partial charge on any atom is -0.311 e. The molecule has 4 aliphatic heterocycles. The van der Waals surface area contributed by atoms with Crippen LogP contribution >= 0.6 is 0 Å². The SMILES string of the molecule is c1ccc(N(c2ccccc2)c2ccc3c(c2)N(c2ccccc2)c2cc(N(c4ccccc4)c4ccccc4)cc4c2B3c2cccc3c5c6c7cccc8c7n(c6ccc5n-4c23)-c2cc(N(c3ccccc3)c3ccccc3)cc3c2B8c2ccc(N(c4ccccc4)c4ccccc4)cc2N3c2ccccc2)cc1. The van der Waals surface area contributed by atoms with Crippen LogP contribution in [0.4, 0.5) is 102 Å². The molecule has 0 atom stereocenters. The maximum absolute atomic E-state index is 2.66. The van der Waals surface area contributed by atoms with E-state index in [0.29, 0.717) is 0 Å². The molecule has 0 aliphatic carbocycles. The van der Waals surface area contributed by atoms with Gasteiger partial charge in [-0.15, -0.1) is 0 Å². The minimum atomic E-state index is -0.165. The fourth-order valence-electron chi connectivity index (χ4n) is 19.1. The molecule has 522 valence electrons. The number of hydrogen-bond donors (Lipinski definition) is 0.